The third kappa shape index (κ3) is 6.03. The summed E-state index contributed by atoms with van der Waals surface area (Å²) >= 11 is 0. The molecule has 0 radical (unpaired) electrons. The number of oxime groups is 1. The van der Waals surface area contributed by atoms with E-state index in [0.29, 0.717) is 29.2 Å². The number of halogens is 1. The molecule has 1 aromatic heterocycles. The molecule has 1 aliphatic carbocycles. The molecule has 0 bridgehead atoms. The zero-order valence-corrected chi connectivity index (χ0v) is 19.6. The van der Waals surface area contributed by atoms with E-state index in [-0.39, 0.29) is 42.0 Å². The lowest BCUT2D eigenvalue weighted by Gasteiger charge is -2.30. The number of hydrogen-bond acceptors (Lipinski definition) is 8. The Bertz CT molecular complexity index is 1130. The van der Waals surface area contributed by atoms with Crippen LogP contribution >= 0.6 is 0 Å². The summed E-state index contributed by atoms with van der Waals surface area (Å²) in [6.45, 7) is 1.89. The van der Waals surface area contributed by atoms with Crippen LogP contribution in [-0.4, -0.2) is 47.0 Å². The van der Waals surface area contributed by atoms with Gasteiger partial charge in [0, 0.05) is 13.0 Å². The highest BCUT2D eigenvalue weighted by Gasteiger charge is 2.35. The van der Waals surface area contributed by atoms with Crippen molar-refractivity contribution < 1.29 is 28.3 Å². The number of nitrogens with zero attached hydrogens (tertiary/aromatic N) is 3. The lowest BCUT2D eigenvalue weighted by molar-refractivity contribution is 0.00227. The number of carbonyl (C=O) groups is 2. The van der Waals surface area contributed by atoms with Crippen LogP contribution in [0.3, 0.4) is 0 Å². The molecule has 0 saturated heterocycles. The number of hydrogen-bond donors (Lipinski definition) is 2. The van der Waals surface area contributed by atoms with Crippen molar-refractivity contribution in [2.45, 2.75) is 57.8 Å². The zero-order valence-electron chi connectivity index (χ0n) is 19.6. The summed E-state index contributed by atoms with van der Waals surface area (Å²) < 4.78 is 23.7. The number of aryl methyl sites for hydroxylation is 1. The van der Waals surface area contributed by atoms with Gasteiger partial charge in [0.05, 0.1) is 12.8 Å². The topological polar surface area (TPSA) is 138 Å². The van der Waals surface area contributed by atoms with Crippen molar-refractivity contribution in [2.24, 2.45) is 16.8 Å². The third-order valence-electron chi connectivity index (χ3n) is 6.26. The average Bonchev–Trinajstić information content (AvgIpc) is 3.33. The summed E-state index contributed by atoms with van der Waals surface area (Å²) in [6, 6.07) is 5.99. The van der Waals surface area contributed by atoms with Gasteiger partial charge in [0.2, 0.25) is 0 Å². The predicted molar refractivity (Wildman–Crippen MR) is 123 cm³/mol. The number of ether oxygens (including phenoxy) is 2. The third-order valence-corrected chi connectivity index (χ3v) is 6.26. The first-order valence-corrected chi connectivity index (χ1v) is 11.5. The Balaban J connectivity index is 1.36. The molecule has 2 aromatic rings. The van der Waals surface area contributed by atoms with E-state index in [0.717, 1.165) is 25.7 Å². The molecule has 1 saturated carbocycles. The van der Waals surface area contributed by atoms with Crippen molar-refractivity contribution in [1.29, 1.82) is 0 Å². The largest absolute Gasteiger partial charge is 0.494 e. The van der Waals surface area contributed by atoms with Gasteiger partial charge in [-0.05, 0) is 62.3 Å². The minimum atomic E-state index is -0.743. The number of rotatable bonds is 7. The van der Waals surface area contributed by atoms with Crippen LogP contribution in [0.1, 0.15) is 59.7 Å². The van der Waals surface area contributed by atoms with E-state index in [2.05, 4.69) is 20.4 Å². The van der Waals surface area contributed by atoms with Crippen LogP contribution in [0.4, 0.5) is 9.18 Å². The fraction of sp³-hybridized carbons (Fsp3) is 0.458. The standard InChI is InChI=1S/C24H28FN5O5/c1-13-28-18(19-11-21(35-30-19)15-4-6-16(7-5-15)34-24(26)32)10-20(29-13)23(31)27-12-14-3-8-17(25)22(9-14)33-2/h3,8-10,15-16,21H,4-7,11-12H2,1-2H3,(H2,26,32)(H,27,31). The highest BCUT2D eigenvalue weighted by atomic mass is 19.1. The van der Waals surface area contributed by atoms with Gasteiger partial charge in [-0.3, -0.25) is 4.79 Å². The van der Waals surface area contributed by atoms with E-state index in [9.17, 15) is 14.0 Å². The van der Waals surface area contributed by atoms with Gasteiger partial charge < -0.3 is 25.4 Å². The molecule has 1 fully saturated rings. The van der Waals surface area contributed by atoms with Gasteiger partial charge in [0.15, 0.2) is 11.6 Å². The maximum Gasteiger partial charge on any atom is 0.404 e. The number of benzene rings is 1. The van der Waals surface area contributed by atoms with Crippen LogP contribution in [0.5, 0.6) is 5.75 Å². The van der Waals surface area contributed by atoms with Crippen LogP contribution in [-0.2, 0) is 16.1 Å². The summed E-state index contributed by atoms with van der Waals surface area (Å²) in [4.78, 5) is 38.1. The number of nitrogens with one attached hydrogen (secondary N) is 1. The van der Waals surface area contributed by atoms with Crippen molar-refractivity contribution in [3.63, 3.8) is 0 Å². The van der Waals surface area contributed by atoms with E-state index < -0.39 is 11.9 Å². The van der Waals surface area contributed by atoms with Gasteiger partial charge in [-0.2, -0.15) is 0 Å². The Morgan fingerprint density at radius 2 is 1.97 bits per heavy atom. The molecule has 35 heavy (non-hydrogen) atoms. The second kappa shape index (κ2) is 10.7. The Morgan fingerprint density at radius 3 is 2.69 bits per heavy atom. The molecule has 2 heterocycles. The summed E-state index contributed by atoms with van der Waals surface area (Å²) in [5.74, 6) is -0.0271. The van der Waals surface area contributed by atoms with E-state index in [1.165, 1.54) is 19.2 Å². The van der Waals surface area contributed by atoms with Gasteiger partial charge in [-0.25, -0.2) is 19.2 Å². The van der Waals surface area contributed by atoms with Gasteiger partial charge in [0.25, 0.3) is 5.91 Å². The maximum absolute atomic E-state index is 13.6. The van der Waals surface area contributed by atoms with Gasteiger partial charge >= 0.3 is 6.09 Å². The normalized spacial score (nSPS) is 21.6. The minimum absolute atomic E-state index is 0.0967. The van der Waals surface area contributed by atoms with Gasteiger partial charge in [-0.1, -0.05) is 11.2 Å². The summed E-state index contributed by atoms with van der Waals surface area (Å²) in [5.41, 5.74) is 7.21. The van der Waals surface area contributed by atoms with Gasteiger partial charge in [0.1, 0.15) is 29.4 Å². The van der Waals surface area contributed by atoms with E-state index >= 15 is 0 Å². The molecule has 2 aliphatic rings. The first kappa shape index (κ1) is 24.4. The number of methoxy groups -OCH3 is 1. The van der Waals surface area contributed by atoms with E-state index in [1.54, 1.807) is 19.1 Å². The number of nitrogens with two attached hydrogens (primary N) is 1. The van der Waals surface area contributed by atoms with Crippen LogP contribution in [0.15, 0.2) is 29.4 Å². The molecule has 1 atom stereocenters. The van der Waals surface area contributed by atoms with Crippen molar-refractivity contribution in [3.05, 3.63) is 52.9 Å². The zero-order chi connectivity index (χ0) is 24.9. The molecule has 4 rings (SSSR count). The van der Waals surface area contributed by atoms with Crippen LogP contribution in [0, 0.1) is 18.7 Å². The monoisotopic (exact) mass is 485 g/mol. The smallest absolute Gasteiger partial charge is 0.404 e. The molecule has 2 amide bonds. The molecular weight excluding hydrogens is 457 g/mol. The molecule has 1 unspecified atom stereocenters. The quantitative estimate of drug-likeness (QED) is 0.615. The van der Waals surface area contributed by atoms with Gasteiger partial charge in [-0.15, -0.1) is 0 Å². The number of aromatic nitrogens is 2. The Labute approximate surface area is 202 Å². The number of primary amides is 1. The van der Waals surface area contributed by atoms with Crippen LogP contribution in [0.2, 0.25) is 0 Å². The highest BCUT2D eigenvalue weighted by Crippen LogP contribution is 2.34. The molecule has 10 nitrogen and oxygen atoms in total. The Kier molecular flexibility index (Phi) is 7.42. The van der Waals surface area contributed by atoms with Crippen molar-refractivity contribution >= 4 is 17.7 Å². The second-order valence-electron chi connectivity index (χ2n) is 8.70. The van der Waals surface area contributed by atoms with Crippen molar-refractivity contribution in [3.8, 4) is 5.75 Å². The molecule has 0 spiro atoms. The molecular formula is C24H28FN5O5. The second-order valence-corrected chi connectivity index (χ2v) is 8.70. The van der Waals surface area contributed by atoms with Crippen LogP contribution in [0.25, 0.3) is 0 Å². The van der Waals surface area contributed by atoms with E-state index in [1.807, 2.05) is 0 Å². The first-order chi connectivity index (χ1) is 16.8. The summed E-state index contributed by atoms with van der Waals surface area (Å²) in [5, 5.41) is 7.02. The molecule has 1 aliphatic heterocycles. The van der Waals surface area contributed by atoms with Crippen molar-refractivity contribution in [1.82, 2.24) is 15.3 Å². The maximum atomic E-state index is 13.6. The SMILES string of the molecule is COc1cc(CNC(=O)c2cc(C3=NOC(C4CCC(OC(N)=O)CC4)C3)nc(C)n2)ccc1F. The van der Waals surface area contributed by atoms with Crippen molar-refractivity contribution in [2.75, 3.05) is 7.11 Å². The fourth-order valence-electron chi connectivity index (χ4n) is 4.46. The molecule has 1 aromatic carbocycles. The fourth-order valence-corrected chi connectivity index (χ4v) is 4.46. The minimum Gasteiger partial charge on any atom is -0.494 e. The number of amides is 2. The molecule has 11 heteroatoms. The first-order valence-electron chi connectivity index (χ1n) is 11.5. The highest BCUT2D eigenvalue weighted by molar-refractivity contribution is 6.01. The summed E-state index contributed by atoms with van der Waals surface area (Å²) in [7, 11) is 1.38. The lowest BCUT2D eigenvalue weighted by atomic mass is 9.82. The van der Waals surface area contributed by atoms with E-state index in [4.69, 9.17) is 20.0 Å². The average molecular weight is 486 g/mol. The number of carbonyl (C=O) groups excluding carboxylic acids is 2. The van der Waals surface area contributed by atoms with Crippen LogP contribution < -0.4 is 15.8 Å². The predicted octanol–water partition coefficient (Wildman–Crippen LogP) is 3.01. The molecule has 3 N–H and O–H groups in total. The lowest BCUT2D eigenvalue weighted by Crippen LogP contribution is -2.31. The Morgan fingerprint density at radius 1 is 1.20 bits per heavy atom. The Hall–Kier alpha value is -3.76. The molecule has 186 valence electrons. The summed E-state index contributed by atoms with van der Waals surface area (Å²) in [6.07, 6.45) is 2.74.